The zero-order chi connectivity index (χ0) is 25.0. The number of rotatable bonds is 9. The number of amides is 1. The minimum Gasteiger partial charge on any atom is -0.872 e. The maximum Gasteiger partial charge on any atom is 0.295 e. The Labute approximate surface area is 206 Å². The van der Waals surface area contributed by atoms with Gasteiger partial charge in [-0.15, -0.1) is 0 Å². The molecule has 7 heteroatoms. The van der Waals surface area contributed by atoms with Crippen LogP contribution >= 0.6 is 11.6 Å². The predicted octanol–water partition coefficient (Wildman–Crippen LogP) is 2.44. The molecule has 3 rings (SSSR count). The summed E-state index contributed by atoms with van der Waals surface area (Å²) in [5.41, 5.74) is 1.78. The van der Waals surface area contributed by atoms with Gasteiger partial charge in [0.2, 0.25) is 5.78 Å². The molecule has 0 aliphatic carbocycles. The molecule has 34 heavy (non-hydrogen) atoms. The van der Waals surface area contributed by atoms with E-state index in [1.807, 2.05) is 21.0 Å². The predicted molar refractivity (Wildman–Crippen MR) is 132 cm³/mol. The zero-order valence-electron chi connectivity index (χ0n) is 20.5. The number of carbonyl (C=O) groups is 2. The van der Waals surface area contributed by atoms with Crippen LogP contribution in [-0.4, -0.2) is 50.4 Å². The molecule has 1 aliphatic rings. The molecule has 0 spiro atoms. The van der Waals surface area contributed by atoms with Crippen molar-refractivity contribution in [1.82, 2.24) is 4.90 Å². The lowest BCUT2D eigenvalue weighted by molar-refractivity contribution is -0.858. The van der Waals surface area contributed by atoms with Crippen LogP contribution in [0.3, 0.4) is 0 Å². The van der Waals surface area contributed by atoms with E-state index in [4.69, 9.17) is 16.3 Å². The fourth-order valence-electron chi connectivity index (χ4n) is 4.08. The number of hydrogen-bond acceptors (Lipinski definition) is 4. The largest absolute Gasteiger partial charge is 0.872 e. The highest BCUT2D eigenvalue weighted by atomic mass is 35.5. The molecule has 1 aliphatic heterocycles. The Morgan fingerprint density at radius 3 is 2.41 bits per heavy atom. The summed E-state index contributed by atoms with van der Waals surface area (Å²) in [4.78, 5) is 28.9. The summed E-state index contributed by atoms with van der Waals surface area (Å²) < 4.78 is 5.77. The van der Waals surface area contributed by atoms with Gasteiger partial charge < -0.3 is 19.6 Å². The summed E-state index contributed by atoms with van der Waals surface area (Å²) in [5, 5.41) is 14.2. The third-order valence-electron chi connectivity index (χ3n) is 5.82. The molecule has 1 heterocycles. The lowest BCUT2D eigenvalue weighted by Gasteiger charge is -2.28. The van der Waals surface area contributed by atoms with Crippen molar-refractivity contribution in [1.29, 1.82) is 0 Å². The molecule has 1 unspecified atom stereocenters. The molecule has 1 amide bonds. The highest BCUT2D eigenvalue weighted by molar-refractivity contribution is 6.46. The number of quaternary nitrogens is 1. The Balaban J connectivity index is 2.04. The highest BCUT2D eigenvalue weighted by Crippen LogP contribution is 2.39. The lowest BCUT2D eigenvalue weighted by atomic mass is 9.94. The van der Waals surface area contributed by atoms with E-state index >= 15 is 0 Å². The quantitative estimate of drug-likeness (QED) is 0.337. The Bertz CT molecular complexity index is 1080. The molecule has 1 fully saturated rings. The average molecular weight is 485 g/mol. The van der Waals surface area contributed by atoms with Gasteiger partial charge in [-0.1, -0.05) is 49.4 Å². The molecule has 0 saturated carbocycles. The second kappa shape index (κ2) is 11.1. The molecule has 0 aromatic heterocycles. The first-order valence-corrected chi connectivity index (χ1v) is 12.0. The molecule has 1 atom stereocenters. The number of nitrogens with one attached hydrogen (secondary N) is 1. The van der Waals surface area contributed by atoms with E-state index in [2.05, 4.69) is 13.8 Å². The molecule has 182 valence electrons. The summed E-state index contributed by atoms with van der Waals surface area (Å²) in [6, 6.07) is 11.4. The van der Waals surface area contributed by atoms with Gasteiger partial charge in [-0.25, -0.2) is 0 Å². The fourth-order valence-corrected chi connectivity index (χ4v) is 4.21. The number of Topliss-reactive ketones (excluding diaryl/α,β-unsaturated/α-hetero) is 1. The number of benzene rings is 2. The smallest absolute Gasteiger partial charge is 0.295 e. The van der Waals surface area contributed by atoms with Crippen molar-refractivity contribution >= 4 is 29.1 Å². The van der Waals surface area contributed by atoms with Gasteiger partial charge in [-0.3, -0.25) is 9.59 Å². The van der Waals surface area contributed by atoms with Gasteiger partial charge >= 0.3 is 0 Å². The minimum atomic E-state index is -0.738. The van der Waals surface area contributed by atoms with E-state index in [1.54, 1.807) is 42.5 Å². The first-order valence-electron chi connectivity index (χ1n) is 11.6. The number of likely N-dealkylation sites (tertiary alicyclic amines) is 1. The summed E-state index contributed by atoms with van der Waals surface area (Å²) in [5.74, 6) is -0.747. The molecule has 0 bridgehead atoms. The van der Waals surface area contributed by atoms with E-state index in [0.717, 1.165) is 6.54 Å². The summed E-state index contributed by atoms with van der Waals surface area (Å²) in [6.45, 7) is 7.73. The van der Waals surface area contributed by atoms with Crippen LogP contribution in [0.5, 0.6) is 5.75 Å². The van der Waals surface area contributed by atoms with Crippen molar-refractivity contribution in [2.75, 3.05) is 33.8 Å². The number of nitrogens with zero attached hydrogens (tertiary/aromatic N) is 1. The van der Waals surface area contributed by atoms with Crippen LogP contribution in [0.4, 0.5) is 0 Å². The van der Waals surface area contributed by atoms with E-state index in [1.165, 1.54) is 9.80 Å². The van der Waals surface area contributed by atoms with Gasteiger partial charge in [-0.05, 0) is 53.8 Å². The van der Waals surface area contributed by atoms with Crippen molar-refractivity contribution in [2.45, 2.75) is 33.2 Å². The van der Waals surface area contributed by atoms with Gasteiger partial charge in [0, 0.05) is 23.6 Å². The molecule has 2 aromatic carbocycles. The topological polar surface area (TPSA) is 74.1 Å². The maximum absolute atomic E-state index is 13.7. The Morgan fingerprint density at radius 1 is 1.15 bits per heavy atom. The number of ether oxygens (including phenoxy) is 1. The van der Waals surface area contributed by atoms with E-state index in [-0.39, 0.29) is 5.57 Å². The van der Waals surface area contributed by atoms with Crippen LogP contribution in [-0.2, 0) is 9.59 Å². The van der Waals surface area contributed by atoms with Crippen LogP contribution in [0.15, 0.2) is 48.0 Å². The molecule has 1 N–H and O–H groups in total. The van der Waals surface area contributed by atoms with Gasteiger partial charge in [-0.2, -0.15) is 0 Å². The Kier molecular flexibility index (Phi) is 8.39. The molecular weight excluding hydrogens is 452 g/mol. The van der Waals surface area contributed by atoms with Crippen LogP contribution in [0, 0.1) is 12.8 Å². The number of aryl methyl sites for hydroxylation is 1. The standard InChI is InChI=1S/C27H33ClN2O4/c1-17(2)16-34-21-11-12-22(18(3)15-21)25(31)23-24(19-7-9-20(28)10-8-19)30(27(33)26(23)32)14-6-13-29(4)5/h7-12,15,17,24,31H,6,13-14,16H2,1-5H3/b25-23+. The third kappa shape index (κ3) is 5.80. The lowest BCUT2D eigenvalue weighted by Crippen LogP contribution is -3.05. The van der Waals surface area contributed by atoms with Crippen molar-refractivity contribution in [3.8, 4) is 5.75 Å². The number of halogens is 1. The first-order chi connectivity index (χ1) is 16.1. The first kappa shape index (κ1) is 25.8. The molecule has 1 saturated heterocycles. The molecule has 0 radical (unpaired) electrons. The summed E-state index contributed by atoms with van der Waals surface area (Å²) in [6.07, 6.45) is 0.716. The SMILES string of the molecule is Cc1cc(OCC(C)C)ccc1/C([O-])=C1\C(=O)C(=O)N(CCC[NH+](C)C)C1c1ccc(Cl)cc1. The number of carbonyl (C=O) groups excluding carboxylic acids is 2. The van der Waals surface area contributed by atoms with Crippen LogP contribution in [0.25, 0.3) is 5.76 Å². The van der Waals surface area contributed by atoms with E-state index in [9.17, 15) is 14.7 Å². The van der Waals surface area contributed by atoms with Crippen LogP contribution in [0.1, 0.15) is 43.0 Å². The van der Waals surface area contributed by atoms with E-state index < -0.39 is 23.5 Å². The molecule has 6 nitrogen and oxygen atoms in total. The van der Waals surface area contributed by atoms with Crippen LogP contribution < -0.4 is 14.7 Å². The normalized spacial score (nSPS) is 17.8. The maximum atomic E-state index is 13.7. The Hall–Kier alpha value is -2.83. The van der Waals surface area contributed by atoms with Crippen molar-refractivity contribution < 1.29 is 24.3 Å². The van der Waals surface area contributed by atoms with Gasteiger partial charge in [0.1, 0.15) is 5.75 Å². The fraction of sp³-hybridized carbons (Fsp3) is 0.407. The second-order valence-corrected chi connectivity index (χ2v) is 9.95. The van der Waals surface area contributed by atoms with Crippen LogP contribution in [0.2, 0.25) is 5.02 Å². The molecule has 2 aromatic rings. The summed E-state index contributed by atoms with van der Waals surface area (Å²) >= 11 is 6.07. The number of hydrogen-bond donors (Lipinski definition) is 1. The van der Waals surface area contributed by atoms with Crippen molar-refractivity contribution in [2.24, 2.45) is 5.92 Å². The van der Waals surface area contributed by atoms with Gasteiger partial charge in [0.15, 0.2) is 0 Å². The van der Waals surface area contributed by atoms with Gasteiger partial charge in [0.05, 0.1) is 33.3 Å². The van der Waals surface area contributed by atoms with E-state index in [0.29, 0.717) is 53.0 Å². The van der Waals surface area contributed by atoms with Crippen molar-refractivity contribution in [3.05, 3.63) is 69.8 Å². The van der Waals surface area contributed by atoms with Crippen molar-refractivity contribution in [3.63, 3.8) is 0 Å². The monoisotopic (exact) mass is 484 g/mol. The average Bonchev–Trinajstić information content (AvgIpc) is 3.02. The summed E-state index contributed by atoms with van der Waals surface area (Å²) in [7, 11) is 4.07. The molecular formula is C27H33ClN2O4. The third-order valence-corrected chi connectivity index (χ3v) is 6.07. The van der Waals surface area contributed by atoms with Gasteiger partial charge in [0.25, 0.3) is 5.91 Å². The highest BCUT2D eigenvalue weighted by Gasteiger charge is 2.44. The second-order valence-electron chi connectivity index (χ2n) is 9.52. The zero-order valence-corrected chi connectivity index (χ0v) is 21.2. The number of ketones is 1. The Morgan fingerprint density at radius 2 is 1.82 bits per heavy atom. The minimum absolute atomic E-state index is 0.0107.